The maximum atomic E-state index is 12.5. The van der Waals surface area contributed by atoms with Gasteiger partial charge >= 0.3 is 0 Å². The van der Waals surface area contributed by atoms with Crippen molar-refractivity contribution in [2.75, 3.05) is 51.8 Å². The van der Waals surface area contributed by atoms with Crippen LogP contribution in [0.5, 0.6) is 0 Å². The average Bonchev–Trinajstić information content (AvgIpc) is 2.85. The van der Waals surface area contributed by atoms with Crippen molar-refractivity contribution in [3.05, 3.63) is 60.7 Å². The van der Waals surface area contributed by atoms with E-state index in [2.05, 4.69) is 69.3 Å². The van der Waals surface area contributed by atoms with E-state index in [1.54, 1.807) is 4.90 Å². The predicted octanol–water partition coefficient (Wildman–Crippen LogP) is 2.61. The molecule has 2 aromatic carbocycles. The molecule has 0 aromatic heterocycles. The molecule has 0 aliphatic carbocycles. The van der Waals surface area contributed by atoms with Gasteiger partial charge in [-0.3, -0.25) is 9.08 Å². The second-order valence-corrected chi connectivity index (χ2v) is 17.3. The molecule has 2 rings (SSSR count). The van der Waals surface area contributed by atoms with Gasteiger partial charge in [-0.15, -0.1) is 0 Å². The average molecular weight is 552 g/mol. The van der Waals surface area contributed by atoms with Gasteiger partial charge in [-0.05, 0) is 27.2 Å². The summed E-state index contributed by atoms with van der Waals surface area (Å²) in [6.45, 7) is 11.8. The molecule has 0 atom stereocenters. The number of nitrogens with zero attached hydrogens (tertiary/aromatic N) is 1. The molecular weight excluding hydrogens is 506 g/mol. The van der Waals surface area contributed by atoms with E-state index in [4.69, 9.17) is 18.8 Å². The predicted molar refractivity (Wildman–Crippen MR) is 152 cm³/mol. The minimum absolute atomic E-state index is 0.0550. The first kappa shape index (κ1) is 31.6. The van der Waals surface area contributed by atoms with Crippen LogP contribution in [0.25, 0.3) is 0 Å². The van der Waals surface area contributed by atoms with E-state index in [1.807, 2.05) is 26.0 Å². The van der Waals surface area contributed by atoms with Crippen LogP contribution in [-0.2, 0) is 18.7 Å². The molecular formula is C28H45NO6SSi. The molecule has 0 amide bonds. The topological polar surface area (TPSA) is 96.3 Å². The lowest BCUT2D eigenvalue weighted by Crippen LogP contribution is -2.66. The van der Waals surface area contributed by atoms with Crippen molar-refractivity contribution in [1.82, 2.24) is 4.90 Å². The van der Waals surface area contributed by atoms with Crippen molar-refractivity contribution in [1.29, 1.82) is 0 Å². The van der Waals surface area contributed by atoms with Crippen molar-refractivity contribution in [2.45, 2.75) is 46.1 Å². The molecule has 0 saturated heterocycles. The Morgan fingerprint density at radius 3 is 1.73 bits per heavy atom. The highest BCUT2D eigenvalue weighted by molar-refractivity contribution is 7.86. The minimum Gasteiger partial charge on any atom is -0.407 e. The molecule has 208 valence electrons. The zero-order valence-corrected chi connectivity index (χ0v) is 24.8. The summed E-state index contributed by atoms with van der Waals surface area (Å²) in [6.07, 6.45) is 0.633. The zero-order chi connectivity index (χ0) is 27.6. The third-order valence-electron chi connectivity index (χ3n) is 6.63. The number of hydrogen-bond acceptors (Lipinski definition) is 7. The van der Waals surface area contributed by atoms with Crippen LogP contribution >= 0.6 is 0 Å². The van der Waals surface area contributed by atoms with Gasteiger partial charge < -0.3 is 14.6 Å². The Bertz CT molecular complexity index is 980. The number of aliphatic hydroxyl groups excluding tert-OH is 2. The molecule has 0 heterocycles. The van der Waals surface area contributed by atoms with Crippen LogP contribution in [-0.4, -0.2) is 83.7 Å². The smallest absolute Gasteiger partial charge is 0.268 e. The quantitative estimate of drug-likeness (QED) is 0.245. The summed E-state index contributed by atoms with van der Waals surface area (Å²) >= 11 is 0. The fourth-order valence-electron chi connectivity index (χ4n) is 4.48. The van der Waals surface area contributed by atoms with E-state index in [-0.39, 0.29) is 37.2 Å². The molecule has 2 aromatic rings. The Morgan fingerprint density at radius 1 is 0.811 bits per heavy atom. The Labute approximate surface area is 224 Å². The monoisotopic (exact) mass is 551 g/mol. The van der Waals surface area contributed by atoms with Gasteiger partial charge in [0.1, 0.15) is 0 Å². The van der Waals surface area contributed by atoms with Crippen LogP contribution in [0, 0.1) is 5.41 Å². The molecule has 0 spiro atoms. The van der Waals surface area contributed by atoms with Crippen molar-refractivity contribution in [3.63, 3.8) is 0 Å². The molecule has 7 nitrogen and oxygen atoms in total. The fourth-order valence-corrected chi connectivity index (χ4v) is 10.1. The van der Waals surface area contributed by atoms with Crippen LogP contribution < -0.4 is 10.4 Å². The van der Waals surface area contributed by atoms with Crippen molar-refractivity contribution in [3.8, 4) is 0 Å². The standard InChI is InChI=1S/C28H45NO6SSi/c1-27(2,3)37(25-12-8-6-9-13-25,26-14-10-7-11-15-26)35-22-16-28(4,5)24-34-36(32,33)23-19-29(17-20-30)18-21-31/h6-15,30-31H,16-24H2,1-5H3. The maximum absolute atomic E-state index is 12.5. The lowest BCUT2D eigenvalue weighted by Gasteiger charge is -2.43. The van der Waals surface area contributed by atoms with Gasteiger partial charge in [0.2, 0.25) is 0 Å². The number of aliphatic hydroxyl groups is 2. The van der Waals surface area contributed by atoms with Crippen LogP contribution in [0.3, 0.4) is 0 Å². The molecule has 37 heavy (non-hydrogen) atoms. The number of rotatable bonds is 16. The van der Waals surface area contributed by atoms with Gasteiger partial charge in [0, 0.05) is 26.2 Å². The third kappa shape index (κ3) is 9.28. The normalized spacial score (nSPS) is 13.3. The summed E-state index contributed by atoms with van der Waals surface area (Å²) in [5.74, 6) is -0.193. The molecule has 0 fully saturated rings. The zero-order valence-electron chi connectivity index (χ0n) is 23.0. The van der Waals surface area contributed by atoms with Crippen LogP contribution in [0.1, 0.15) is 41.0 Å². The first-order valence-electron chi connectivity index (χ1n) is 12.9. The molecule has 0 aliphatic heterocycles. The van der Waals surface area contributed by atoms with E-state index in [9.17, 15) is 8.42 Å². The second-order valence-electron chi connectivity index (χ2n) is 11.2. The SMILES string of the molecule is CC(C)(CCO[Si](c1ccccc1)(c1ccccc1)C(C)(C)C)COS(=O)(=O)CCN(CCO)CCO. The van der Waals surface area contributed by atoms with Crippen LogP contribution in [0.2, 0.25) is 5.04 Å². The maximum Gasteiger partial charge on any atom is 0.268 e. The molecule has 0 unspecified atom stereocenters. The molecule has 0 aliphatic rings. The largest absolute Gasteiger partial charge is 0.407 e. The van der Waals surface area contributed by atoms with Crippen LogP contribution in [0.4, 0.5) is 0 Å². The van der Waals surface area contributed by atoms with Gasteiger partial charge in [0.25, 0.3) is 18.4 Å². The fraction of sp³-hybridized carbons (Fsp3) is 0.571. The molecule has 9 heteroatoms. The first-order valence-corrected chi connectivity index (χ1v) is 16.4. The summed E-state index contributed by atoms with van der Waals surface area (Å²) in [4.78, 5) is 1.70. The van der Waals surface area contributed by atoms with E-state index in [0.717, 1.165) is 0 Å². The summed E-state index contributed by atoms with van der Waals surface area (Å²) in [5.41, 5.74) is -0.422. The Kier molecular flexibility index (Phi) is 11.9. The summed E-state index contributed by atoms with van der Waals surface area (Å²) in [5, 5.41) is 20.5. The summed E-state index contributed by atoms with van der Waals surface area (Å²) < 4.78 is 37.4. The van der Waals surface area contributed by atoms with Gasteiger partial charge in [0.15, 0.2) is 0 Å². The molecule has 0 radical (unpaired) electrons. The number of benzene rings is 2. The third-order valence-corrected chi connectivity index (χ3v) is 12.8. The van der Waals surface area contributed by atoms with E-state index in [0.29, 0.717) is 26.1 Å². The Morgan fingerprint density at radius 2 is 1.30 bits per heavy atom. The van der Waals surface area contributed by atoms with Gasteiger partial charge in [-0.1, -0.05) is 95.3 Å². The van der Waals surface area contributed by atoms with Gasteiger partial charge in [-0.2, -0.15) is 8.42 Å². The molecule has 0 bridgehead atoms. The van der Waals surface area contributed by atoms with Crippen molar-refractivity contribution in [2.24, 2.45) is 5.41 Å². The molecule has 0 saturated carbocycles. The number of hydrogen-bond donors (Lipinski definition) is 2. The van der Waals surface area contributed by atoms with Gasteiger partial charge in [0.05, 0.1) is 25.6 Å². The van der Waals surface area contributed by atoms with Crippen molar-refractivity contribution < 1.29 is 27.2 Å². The Balaban J connectivity index is 2.10. The van der Waals surface area contributed by atoms with E-state index < -0.39 is 23.9 Å². The van der Waals surface area contributed by atoms with Crippen molar-refractivity contribution >= 4 is 28.8 Å². The Hall–Kier alpha value is -1.59. The van der Waals surface area contributed by atoms with Crippen LogP contribution in [0.15, 0.2) is 60.7 Å². The molecule has 2 N–H and O–H groups in total. The highest BCUT2D eigenvalue weighted by Gasteiger charge is 2.50. The summed E-state index contributed by atoms with van der Waals surface area (Å²) in [6, 6.07) is 20.9. The summed E-state index contributed by atoms with van der Waals surface area (Å²) in [7, 11) is -6.40. The highest BCUT2D eigenvalue weighted by Crippen LogP contribution is 2.37. The minimum atomic E-state index is -3.75. The lowest BCUT2D eigenvalue weighted by atomic mass is 9.91. The van der Waals surface area contributed by atoms with E-state index in [1.165, 1.54) is 10.4 Å². The first-order chi connectivity index (χ1) is 17.4. The van der Waals surface area contributed by atoms with Gasteiger partial charge in [-0.25, -0.2) is 0 Å². The van der Waals surface area contributed by atoms with E-state index >= 15 is 0 Å². The lowest BCUT2D eigenvalue weighted by molar-refractivity contribution is 0.142. The second kappa shape index (κ2) is 14.0. The highest BCUT2D eigenvalue weighted by atomic mass is 32.2.